The van der Waals surface area contributed by atoms with Crippen LogP contribution in [0.15, 0.2) is 0 Å². The van der Waals surface area contributed by atoms with Crippen molar-refractivity contribution in [3.05, 3.63) is 17.0 Å². The van der Waals surface area contributed by atoms with Gasteiger partial charge < -0.3 is 11.1 Å². The van der Waals surface area contributed by atoms with E-state index in [9.17, 15) is 0 Å². The zero-order valence-electron chi connectivity index (χ0n) is 9.80. The Morgan fingerprint density at radius 3 is 2.80 bits per heavy atom. The molecular formula is C11H20N4. The van der Waals surface area contributed by atoms with E-state index in [-0.39, 0.29) is 5.54 Å². The Balaban J connectivity index is 2.52. The van der Waals surface area contributed by atoms with Crippen LogP contribution < -0.4 is 11.1 Å². The second-order valence-corrected chi connectivity index (χ2v) is 5.09. The SMILES string of the molecule is CC(C)(C)n1nc(CN)c2c1CCNC2. The molecule has 2 rings (SSSR count). The second kappa shape index (κ2) is 3.61. The van der Waals surface area contributed by atoms with E-state index >= 15 is 0 Å². The fraction of sp³-hybridized carbons (Fsp3) is 0.727. The molecule has 1 aliphatic heterocycles. The topological polar surface area (TPSA) is 55.9 Å². The van der Waals surface area contributed by atoms with E-state index in [1.165, 1.54) is 11.3 Å². The third-order valence-corrected chi connectivity index (χ3v) is 2.84. The smallest absolute Gasteiger partial charge is 0.0808 e. The minimum absolute atomic E-state index is 0.0504. The molecule has 1 aliphatic rings. The predicted octanol–water partition coefficient (Wildman–Crippen LogP) is 0.743. The van der Waals surface area contributed by atoms with Gasteiger partial charge in [0.25, 0.3) is 0 Å². The van der Waals surface area contributed by atoms with E-state index in [4.69, 9.17) is 5.73 Å². The molecule has 15 heavy (non-hydrogen) atoms. The van der Waals surface area contributed by atoms with Gasteiger partial charge in [-0.3, -0.25) is 4.68 Å². The molecule has 1 aromatic heterocycles. The highest BCUT2D eigenvalue weighted by Crippen LogP contribution is 2.24. The summed E-state index contributed by atoms with van der Waals surface area (Å²) in [4.78, 5) is 0. The average molecular weight is 208 g/mol. The van der Waals surface area contributed by atoms with Crippen LogP contribution >= 0.6 is 0 Å². The van der Waals surface area contributed by atoms with Crippen LogP contribution in [0.3, 0.4) is 0 Å². The summed E-state index contributed by atoms with van der Waals surface area (Å²) < 4.78 is 2.14. The third-order valence-electron chi connectivity index (χ3n) is 2.84. The highest BCUT2D eigenvalue weighted by atomic mass is 15.3. The highest BCUT2D eigenvalue weighted by Gasteiger charge is 2.25. The van der Waals surface area contributed by atoms with Gasteiger partial charge >= 0.3 is 0 Å². The Labute approximate surface area is 90.8 Å². The Bertz CT molecular complexity index is 359. The molecule has 84 valence electrons. The van der Waals surface area contributed by atoms with Crippen LogP contribution in [0, 0.1) is 0 Å². The van der Waals surface area contributed by atoms with Gasteiger partial charge in [-0.1, -0.05) is 0 Å². The van der Waals surface area contributed by atoms with Crippen molar-refractivity contribution in [2.75, 3.05) is 6.54 Å². The maximum absolute atomic E-state index is 5.73. The van der Waals surface area contributed by atoms with Crippen molar-refractivity contribution in [3.63, 3.8) is 0 Å². The first-order chi connectivity index (χ1) is 7.04. The average Bonchev–Trinajstić information content (AvgIpc) is 2.55. The molecule has 2 heterocycles. The number of rotatable bonds is 1. The predicted molar refractivity (Wildman–Crippen MR) is 60.5 cm³/mol. The van der Waals surface area contributed by atoms with Gasteiger partial charge in [0.1, 0.15) is 0 Å². The summed E-state index contributed by atoms with van der Waals surface area (Å²) in [6.45, 7) is 9.04. The van der Waals surface area contributed by atoms with Crippen molar-refractivity contribution in [1.82, 2.24) is 15.1 Å². The molecule has 0 unspecified atom stereocenters. The minimum atomic E-state index is 0.0504. The number of hydrogen-bond acceptors (Lipinski definition) is 3. The Kier molecular flexibility index (Phi) is 2.56. The van der Waals surface area contributed by atoms with Gasteiger partial charge in [-0.2, -0.15) is 5.10 Å². The summed E-state index contributed by atoms with van der Waals surface area (Å²) in [5, 5.41) is 8.00. The minimum Gasteiger partial charge on any atom is -0.325 e. The molecule has 0 saturated heterocycles. The molecular weight excluding hydrogens is 188 g/mol. The number of nitrogens with zero attached hydrogens (tertiary/aromatic N) is 2. The Morgan fingerprint density at radius 2 is 2.20 bits per heavy atom. The Hall–Kier alpha value is -0.870. The van der Waals surface area contributed by atoms with Gasteiger partial charge in [0.05, 0.1) is 11.2 Å². The molecule has 0 aromatic carbocycles. The molecule has 0 atom stereocenters. The van der Waals surface area contributed by atoms with Crippen LogP contribution in [0.25, 0.3) is 0 Å². The molecule has 1 aromatic rings. The third kappa shape index (κ3) is 1.79. The molecule has 4 heteroatoms. The first kappa shape index (κ1) is 10.6. The number of hydrogen-bond donors (Lipinski definition) is 2. The Morgan fingerprint density at radius 1 is 1.47 bits per heavy atom. The van der Waals surface area contributed by atoms with Crippen molar-refractivity contribution >= 4 is 0 Å². The lowest BCUT2D eigenvalue weighted by Crippen LogP contribution is -2.30. The zero-order valence-corrected chi connectivity index (χ0v) is 9.80. The summed E-state index contributed by atoms with van der Waals surface area (Å²) in [5.41, 5.74) is 9.51. The molecule has 4 nitrogen and oxygen atoms in total. The van der Waals surface area contributed by atoms with E-state index in [2.05, 4.69) is 35.9 Å². The van der Waals surface area contributed by atoms with Gasteiger partial charge in [0.15, 0.2) is 0 Å². The lowest BCUT2D eigenvalue weighted by molar-refractivity contribution is 0.338. The zero-order chi connectivity index (χ0) is 11.1. The number of fused-ring (bicyclic) bond motifs is 1. The first-order valence-electron chi connectivity index (χ1n) is 5.55. The standard InChI is InChI=1S/C11H20N4/c1-11(2,3)15-10-4-5-13-7-8(10)9(6-12)14-15/h13H,4-7,12H2,1-3H3. The largest absolute Gasteiger partial charge is 0.325 e. The molecule has 0 bridgehead atoms. The molecule has 0 radical (unpaired) electrons. The maximum Gasteiger partial charge on any atom is 0.0808 e. The highest BCUT2D eigenvalue weighted by molar-refractivity contribution is 5.29. The molecule has 0 spiro atoms. The summed E-state index contributed by atoms with van der Waals surface area (Å²) in [5.74, 6) is 0. The molecule has 3 N–H and O–H groups in total. The molecule has 0 saturated carbocycles. The summed E-state index contributed by atoms with van der Waals surface area (Å²) >= 11 is 0. The summed E-state index contributed by atoms with van der Waals surface area (Å²) in [7, 11) is 0. The van der Waals surface area contributed by atoms with E-state index in [0.717, 1.165) is 25.2 Å². The number of aromatic nitrogens is 2. The van der Waals surface area contributed by atoms with Crippen molar-refractivity contribution in [1.29, 1.82) is 0 Å². The quantitative estimate of drug-likeness (QED) is 0.716. The van der Waals surface area contributed by atoms with Crippen molar-refractivity contribution in [2.24, 2.45) is 5.73 Å². The van der Waals surface area contributed by atoms with E-state index in [0.29, 0.717) is 6.54 Å². The van der Waals surface area contributed by atoms with Crippen LogP contribution in [-0.4, -0.2) is 16.3 Å². The van der Waals surface area contributed by atoms with Gasteiger partial charge in [0, 0.05) is 37.3 Å². The van der Waals surface area contributed by atoms with Gasteiger partial charge in [-0.25, -0.2) is 0 Å². The second-order valence-electron chi connectivity index (χ2n) is 5.09. The maximum atomic E-state index is 5.73. The fourth-order valence-corrected chi connectivity index (χ4v) is 2.14. The molecule has 0 amide bonds. The summed E-state index contributed by atoms with van der Waals surface area (Å²) in [6.07, 6.45) is 1.06. The summed E-state index contributed by atoms with van der Waals surface area (Å²) in [6, 6.07) is 0. The van der Waals surface area contributed by atoms with E-state index < -0.39 is 0 Å². The number of nitrogens with one attached hydrogen (secondary N) is 1. The van der Waals surface area contributed by atoms with E-state index in [1.807, 2.05) is 0 Å². The lowest BCUT2D eigenvalue weighted by Gasteiger charge is -2.24. The monoisotopic (exact) mass is 208 g/mol. The molecule has 0 fully saturated rings. The molecule has 0 aliphatic carbocycles. The van der Waals surface area contributed by atoms with Gasteiger partial charge in [-0.05, 0) is 20.8 Å². The van der Waals surface area contributed by atoms with Crippen LogP contribution in [0.1, 0.15) is 37.7 Å². The first-order valence-corrected chi connectivity index (χ1v) is 5.55. The normalized spacial score (nSPS) is 16.5. The van der Waals surface area contributed by atoms with E-state index in [1.54, 1.807) is 0 Å². The van der Waals surface area contributed by atoms with Crippen molar-refractivity contribution < 1.29 is 0 Å². The fourth-order valence-electron chi connectivity index (χ4n) is 2.14. The van der Waals surface area contributed by atoms with Crippen molar-refractivity contribution in [3.8, 4) is 0 Å². The van der Waals surface area contributed by atoms with Gasteiger partial charge in [0.2, 0.25) is 0 Å². The van der Waals surface area contributed by atoms with Crippen LogP contribution in [0.2, 0.25) is 0 Å². The van der Waals surface area contributed by atoms with Crippen LogP contribution in [0.5, 0.6) is 0 Å². The van der Waals surface area contributed by atoms with Crippen LogP contribution in [0.4, 0.5) is 0 Å². The van der Waals surface area contributed by atoms with Crippen LogP contribution in [-0.2, 0) is 25.0 Å². The number of nitrogens with two attached hydrogens (primary N) is 1. The van der Waals surface area contributed by atoms with Crippen molar-refractivity contribution in [2.45, 2.75) is 45.8 Å². The lowest BCUT2D eigenvalue weighted by atomic mass is 10.0. The van der Waals surface area contributed by atoms with Gasteiger partial charge in [-0.15, -0.1) is 0 Å².